The molecule has 358 valence electrons. The Morgan fingerprint density at radius 3 is 1.83 bits per heavy atom. The van der Waals surface area contributed by atoms with Crippen molar-refractivity contribution in [2.75, 3.05) is 9.80 Å². The van der Waals surface area contributed by atoms with Gasteiger partial charge in [-0.2, -0.15) is 12.1 Å². The van der Waals surface area contributed by atoms with E-state index in [-0.39, 0.29) is 72.5 Å². The van der Waals surface area contributed by atoms with Crippen molar-refractivity contribution in [2.45, 2.75) is 105 Å². The number of benzene rings is 7. The molecule has 0 amide bonds. The van der Waals surface area contributed by atoms with Crippen LogP contribution in [0.2, 0.25) is 0 Å². The first-order chi connectivity index (χ1) is 34.8. The quantitative estimate of drug-likeness (QED) is 0.149. The van der Waals surface area contributed by atoms with Crippen LogP contribution < -0.4 is 14.5 Å². The van der Waals surface area contributed by atoms with E-state index in [0.29, 0.717) is 28.4 Å². The fourth-order valence-corrected chi connectivity index (χ4v) is 9.21. The predicted octanol–water partition coefficient (Wildman–Crippen LogP) is 17.5. The average Bonchev–Trinajstić information content (AvgIpc) is 3.92. The molecule has 5 nitrogen and oxygen atoms in total. The van der Waals surface area contributed by atoms with Gasteiger partial charge in [0.2, 0.25) is 0 Å². The number of rotatable bonds is 7. The van der Waals surface area contributed by atoms with Crippen LogP contribution in [0.1, 0.15) is 112 Å². The standard InChI is InChI=1S/C64H63N4O.Pt/c1-61(2,3)44-23-18-22-43(34-44)53-37-47(64(10,11)12)36-52(42-20-14-13-15-21-42)60(53)67-41-66(56-26-16-17-27-57(56)67)48-24-19-25-49(39-48)69-50-29-30-51-54-35-45(62(4,5)6)28-31-55(54)68(58(51)40-50)59-38-46(32-33-65-59)63(7,8)9;/h13-38,41H,1-12H3;/q-3;/i13D,14D,15D,20D,21D;. The first kappa shape index (κ1) is 42.5. The van der Waals surface area contributed by atoms with Crippen LogP contribution in [-0.4, -0.2) is 9.55 Å². The minimum Gasteiger partial charge on any atom is -0.509 e. The minimum absolute atomic E-state index is 0. The van der Waals surface area contributed by atoms with Crippen molar-refractivity contribution < 1.29 is 32.7 Å². The number of hydrogen-bond donors (Lipinski definition) is 0. The maximum Gasteiger partial charge on any atom is 0.135 e. The number of nitrogens with zero attached hydrogens (tertiary/aromatic N) is 4. The van der Waals surface area contributed by atoms with E-state index < -0.39 is 6.04 Å². The molecule has 0 fully saturated rings. The molecule has 0 bridgehead atoms. The molecular weight excluding hydrogens is 1040 g/mol. The molecule has 70 heavy (non-hydrogen) atoms. The van der Waals surface area contributed by atoms with E-state index in [1.807, 2.05) is 61.4 Å². The second kappa shape index (κ2) is 18.1. The van der Waals surface area contributed by atoms with Crippen LogP contribution >= 0.6 is 0 Å². The summed E-state index contributed by atoms with van der Waals surface area (Å²) >= 11 is 0. The first-order valence-corrected chi connectivity index (χ1v) is 23.9. The van der Waals surface area contributed by atoms with Crippen LogP contribution in [0.15, 0.2) is 158 Å². The Balaban J connectivity index is 0.00000689. The molecule has 0 saturated heterocycles. The number of pyridine rings is 1. The smallest absolute Gasteiger partial charge is 0.135 e. The third-order valence-corrected chi connectivity index (χ3v) is 13.2. The molecule has 6 heteroatoms. The topological polar surface area (TPSA) is 33.5 Å². The van der Waals surface area contributed by atoms with Gasteiger partial charge in [-0.25, -0.2) is 4.98 Å². The monoisotopic (exact) mass is 1100 g/mol. The van der Waals surface area contributed by atoms with Crippen molar-refractivity contribution in [1.82, 2.24) is 9.55 Å². The van der Waals surface area contributed by atoms with E-state index in [1.54, 1.807) is 0 Å². The summed E-state index contributed by atoms with van der Waals surface area (Å²) < 4.78 is 53.8. The van der Waals surface area contributed by atoms with Gasteiger partial charge in [-0.15, -0.1) is 48.1 Å². The fourth-order valence-electron chi connectivity index (χ4n) is 9.21. The Bertz CT molecular complexity index is 3680. The van der Waals surface area contributed by atoms with E-state index in [2.05, 4.69) is 182 Å². The van der Waals surface area contributed by atoms with Crippen LogP contribution in [0.4, 0.5) is 22.7 Å². The second-order valence-corrected chi connectivity index (χ2v) is 22.4. The maximum absolute atomic E-state index is 9.34. The molecule has 9 aromatic rings. The Labute approximate surface area is 437 Å². The number of anilines is 4. The van der Waals surface area contributed by atoms with Gasteiger partial charge < -0.3 is 19.1 Å². The summed E-state index contributed by atoms with van der Waals surface area (Å²) in [6, 6.07) is 47.1. The van der Waals surface area contributed by atoms with Crippen LogP contribution in [-0.2, 0) is 42.7 Å². The molecule has 1 aliphatic heterocycles. The summed E-state index contributed by atoms with van der Waals surface area (Å²) in [6.07, 6.45) is 1.88. The SMILES string of the molecule is [2H]c1c([2H])c([2H])c(-c2cc(C(C)(C)C)cc(-c3cccc(C(C)(C)C)c3)c2N2[CH-]N(c3[c-]c(Oc4[c-]c5c(cc4)c4cc(C(C)(C)C)ccc4n5-c4cc(C(C)(C)C)ccn4)ccc3)c3ccccc32)c([2H])c1[2H].[Pt]. The third kappa shape index (κ3) is 9.22. The largest absolute Gasteiger partial charge is 0.509 e. The molecule has 0 unspecified atom stereocenters. The maximum atomic E-state index is 9.34. The predicted molar refractivity (Wildman–Crippen MR) is 290 cm³/mol. The zero-order valence-corrected chi connectivity index (χ0v) is 44.5. The summed E-state index contributed by atoms with van der Waals surface area (Å²) in [7, 11) is 0. The van der Waals surface area contributed by atoms with Crippen LogP contribution in [0, 0.1) is 18.8 Å². The van der Waals surface area contributed by atoms with Crippen molar-refractivity contribution in [3.8, 4) is 39.6 Å². The Morgan fingerprint density at radius 1 is 0.529 bits per heavy atom. The van der Waals surface area contributed by atoms with Gasteiger partial charge in [-0.3, -0.25) is 0 Å². The van der Waals surface area contributed by atoms with Crippen molar-refractivity contribution in [3.05, 3.63) is 199 Å². The summed E-state index contributed by atoms with van der Waals surface area (Å²) in [5.41, 5.74) is 11.3. The number of aromatic nitrogens is 2. The molecule has 7 aromatic carbocycles. The van der Waals surface area contributed by atoms with E-state index in [0.717, 1.165) is 61.3 Å². The van der Waals surface area contributed by atoms with Gasteiger partial charge in [-0.05, 0) is 103 Å². The minimum atomic E-state index is -0.435. The molecule has 0 saturated carbocycles. The molecule has 0 N–H and O–H groups in total. The van der Waals surface area contributed by atoms with E-state index >= 15 is 0 Å². The van der Waals surface area contributed by atoms with Gasteiger partial charge in [0, 0.05) is 72.5 Å². The van der Waals surface area contributed by atoms with Crippen molar-refractivity contribution in [2.24, 2.45) is 0 Å². The Morgan fingerprint density at radius 2 is 1.14 bits per heavy atom. The molecule has 3 heterocycles. The van der Waals surface area contributed by atoms with Crippen LogP contribution in [0.3, 0.4) is 0 Å². The Hall–Kier alpha value is -6.42. The van der Waals surface area contributed by atoms with Gasteiger partial charge in [-0.1, -0.05) is 167 Å². The average molecular weight is 1100 g/mol. The molecule has 10 rings (SSSR count). The molecule has 0 atom stereocenters. The van der Waals surface area contributed by atoms with Crippen molar-refractivity contribution >= 4 is 44.6 Å². The summed E-state index contributed by atoms with van der Waals surface area (Å²) in [5.74, 6) is 1.82. The molecule has 0 aliphatic carbocycles. The van der Waals surface area contributed by atoms with Gasteiger partial charge >= 0.3 is 0 Å². The molecule has 0 spiro atoms. The molecule has 0 radical (unpaired) electrons. The van der Waals surface area contributed by atoms with Crippen molar-refractivity contribution in [3.63, 3.8) is 0 Å². The van der Waals surface area contributed by atoms with Gasteiger partial charge in [0.05, 0.1) is 6.85 Å². The zero-order chi connectivity index (χ0) is 53.0. The zero-order valence-electron chi connectivity index (χ0n) is 47.2. The summed E-state index contributed by atoms with van der Waals surface area (Å²) in [6.45, 7) is 28.3. The van der Waals surface area contributed by atoms with E-state index in [1.165, 1.54) is 11.1 Å². The summed E-state index contributed by atoms with van der Waals surface area (Å²) in [4.78, 5) is 9.07. The van der Waals surface area contributed by atoms with E-state index in [9.17, 15) is 2.74 Å². The second-order valence-electron chi connectivity index (χ2n) is 22.4. The van der Waals surface area contributed by atoms with Crippen molar-refractivity contribution in [1.29, 1.82) is 0 Å². The number of para-hydroxylation sites is 2. The van der Waals surface area contributed by atoms with Gasteiger partial charge in [0.1, 0.15) is 5.82 Å². The normalized spacial score (nSPS) is 14.2. The third-order valence-electron chi connectivity index (χ3n) is 13.2. The Kier molecular flexibility index (Phi) is 11.0. The first-order valence-electron chi connectivity index (χ1n) is 26.4. The van der Waals surface area contributed by atoms with Gasteiger partial charge in [0.15, 0.2) is 0 Å². The van der Waals surface area contributed by atoms with Crippen LogP contribution in [0.5, 0.6) is 11.5 Å². The van der Waals surface area contributed by atoms with Crippen LogP contribution in [0.25, 0.3) is 49.9 Å². The molecule has 1 aliphatic rings. The van der Waals surface area contributed by atoms with Gasteiger partial charge in [0.25, 0.3) is 0 Å². The number of hydrogen-bond acceptors (Lipinski definition) is 4. The fraction of sp³-hybridized carbons (Fsp3) is 0.250. The van der Waals surface area contributed by atoms with E-state index in [4.69, 9.17) is 13.8 Å². The molecule has 2 aromatic heterocycles. The number of ether oxygens (including phenoxy) is 1. The molecular formula is C64H63N4OPt-3. The summed E-state index contributed by atoms with van der Waals surface area (Å²) in [5, 5.41) is 2.16. The number of fused-ring (bicyclic) bond motifs is 4.